The molecule has 0 radical (unpaired) electrons. The Morgan fingerprint density at radius 2 is 1.58 bits per heavy atom. The van der Waals surface area contributed by atoms with Crippen LogP contribution in [-0.4, -0.2) is 4.98 Å². The van der Waals surface area contributed by atoms with Crippen molar-refractivity contribution in [1.29, 1.82) is 0 Å². The van der Waals surface area contributed by atoms with E-state index in [-0.39, 0.29) is 21.1 Å². The van der Waals surface area contributed by atoms with Crippen molar-refractivity contribution in [2.45, 2.75) is 20.8 Å². The SMILES string of the molecule is Cc1cc(C)c(-c2cc[c-]c(-c3cccc4cccnc34)c2)c(C)c1.[Pt]. The van der Waals surface area contributed by atoms with Gasteiger partial charge in [-0.25, -0.2) is 0 Å². The van der Waals surface area contributed by atoms with Gasteiger partial charge in [0.15, 0.2) is 0 Å². The van der Waals surface area contributed by atoms with Gasteiger partial charge in [-0.1, -0.05) is 47.5 Å². The number of aromatic nitrogens is 1. The summed E-state index contributed by atoms with van der Waals surface area (Å²) in [5.41, 5.74) is 9.71. The first-order valence-electron chi connectivity index (χ1n) is 8.57. The summed E-state index contributed by atoms with van der Waals surface area (Å²) in [5, 5.41) is 1.15. The predicted molar refractivity (Wildman–Crippen MR) is 106 cm³/mol. The molecule has 132 valence electrons. The molecule has 3 aromatic carbocycles. The first-order valence-corrected chi connectivity index (χ1v) is 8.57. The number of pyridine rings is 1. The Balaban J connectivity index is 0.00000196. The second-order valence-corrected chi connectivity index (χ2v) is 6.65. The molecule has 4 rings (SSSR count). The maximum absolute atomic E-state index is 4.59. The molecule has 2 heteroatoms. The molecule has 0 aliphatic rings. The van der Waals surface area contributed by atoms with Crippen LogP contribution in [-0.2, 0) is 21.1 Å². The third-order valence-electron chi connectivity index (χ3n) is 4.69. The Kier molecular flexibility index (Phi) is 5.39. The number of benzene rings is 3. The normalized spacial score (nSPS) is 10.6. The van der Waals surface area contributed by atoms with E-state index >= 15 is 0 Å². The molecule has 0 atom stereocenters. The van der Waals surface area contributed by atoms with E-state index < -0.39 is 0 Å². The summed E-state index contributed by atoms with van der Waals surface area (Å²) in [5.74, 6) is 0. The Morgan fingerprint density at radius 1 is 0.846 bits per heavy atom. The van der Waals surface area contributed by atoms with Crippen molar-refractivity contribution in [3.05, 3.63) is 89.6 Å². The number of para-hydroxylation sites is 1. The van der Waals surface area contributed by atoms with Crippen molar-refractivity contribution < 1.29 is 21.1 Å². The predicted octanol–water partition coefficient (Wildman–Crippen LogP) is 6.29. The monoisotopic (exact) mass is 517 g/mol. The molecule has 0 N–H and O–H groups in total. The minimum Gasteiger partial charge on any atom is -0.266 e. The van der Waals surface area contributed by atoms with Gasteiger partial charge >= 0.3 is 0 Å². The fraction of sp³-hybridized carbons (Fsp3) is 0.125. The van der Waals surface area contributed by atoms with Crippen LogP contribution in [0.15, 0.2) is 66.9 Å². The molecule has 0 unspecified atom stereocenters. The first-order chi connectivity index (χ1) is 12.1. The third-order valence-corrected chi connectivity index (χ3v) is 4.69. The van der Waals surface area contributed by atoms with Crippen molar-refractivity contribution in [2.75, 3.05) is 0 Å². The fourth-order valence-electron chi connectivity index (χ4n) is 3.73. The number of nitrogens with zero attached hydrogens (tertiary/aromatic N) is 1. The molecule has 0 amide bonds. The van der Waals surface area contributed by atoms with Crippen LogP contribution in [0.1, 0.15) is 16.7 Å². The summed E-state index contributed by atoms with van der Waals surface area (Å²) in [6, 6.07) is 24.7. The molecule has 1 aromatic heterocycles. The quantitative estimate of drug-likeness (QED) is 0.285. The fourth-order valence-corrected chi connectivity index (χ4v) is 3.73. The standard InChI is InChI=1S/C24H20N.Pt/c1-16-13-17(2)23(18(3)14-16)21-9-4-8-20(15-21)22-11-5-7-19-10-6-12-25-24(19)22;/h4-7,9-15H,1-3H3;/q-1;. The van der Waals surface area contributed by atoms with Gasteiger partial charge in [0.2, 0.25) is 0 Å². The zero-order valence-electron chi connectivity index (χ0n) is 15.1. The molecular weight excluding hydrogens is 497 g/mol. The van der Waals surface area contributed by atoms with Crippen molar-refractivity contribution in [3.63, 3.8) is 0 Å². The van der Waals surface area contributed by atoms with Crippen molar-refractivity contribution in [1.82, 2.24) is 4.98 Å². The van der Waals surface area contributed by atoms with E-state index in [1.165, 1.54) is 27.8 Å². The molecule has 4 aromatic rings. The minimum atomic E-state index is 0. The topological polar surface area (TPSA) is 12.9 Å². The molecule has 1 heterocycles. The van der Waals surface area contributed by atoms with Crippen LogP contribution in [0.25, 0.3) is 33.2 Å². The van der Waals surface area contributed by atoms with Crippen molar-refractivity contribution in [2.24, 2.45) is 0 Å². The number of hydrogen-bond acceptors (Lipinski definition) is 1. The third kappa shape index (κ3) is 3.37. The summed E-state index contributed by atoms with van der Waals surface area (Å²) in [4.78, 5) is 4.59. The Morgan fingerprint density at radius 3 is 2.35 bits per heavy atom. The molecule has 0 aliphatic carbocycles. The summed E-state index contributed by atoms with van der Waals surface area (Å²) < 4.78 is 0. The van der Waals surface area contributed by atoms with Crippen LogP contribution in [0.2, 0.25) is 0 Å². The summed E-state index contributed by atoms with van der Waals surface area (Å²) in [6.45, 7) is 6.52. The maximum atomic E-state index is 4.59. The van der Waals surface area contributed by atoms with Gasteiger partial charge in [0.05, 0.1) is 0 Å². The van der Waals surface area contributed by atoms with Gasteiger partial charge in [-0.3, -0.25) is 4.98 Å². The molecule has 0 saturated carbocycles. The molecule has 0 spiro atoms. The van der Waals surface area contributed by atoms with Crippen LogP contribution in [0, 0.1) is 26.8 Å². The molecule has 1 nitrogen and oxygen atoms in total. The van der Waals surface area contributed by atoms with Crippen molar-refractivity contribution in [3.8, 4) is 22.3 Å². The number of aryl methyl sites for hydroxylation is 3. The largest absolute Gasteiger partial charge is 0.266 e. The zero-order valence-corrected chi connectivity index (χ0v) is 17.4. The van der Waals surface area contributed by atoms with E-state index in [2.05, 4.69) is 80.4 Å². The Labute approximate surface area is 169 Å². The van der Waals surface area contributed by atoms with Gasteiger partial charge in [-0.15, -0.1) is 35.4 Å². The van der Waals surface area contributed by atoms with E-state index in [1.807, 2.05) is 18.3 Å². The molecule has 0 bridgehead atoms. The van der Waals surface area contributed by atoms with Crippen LogP contribution in [0.3, 0.4) is 0 Å². The van der Waals surface area contributed by atoms with Gasteiger partial charge in [-0.05, 0) is 48.9 Å². The molecule has 0 saturated heterocycles. The Bertz CT molecular complexity index is 1050. The summed E-state index contributed by atoms with van der Waals surface area (Å²) in [6.07, 6.45) is 1.85. The number of fused-ring (bicyclic) bond motifs is 1. The zero-order chi connectivity index (χ0) is 17.4. The van der Waals surface area contributed by atoms with E-state index in [4.69, 9.17) is 0 Å². The van der Waals surface area contributed by atoms with Gasteiger partial charge in [0.25, 0.3) is 0 Å². The molecule has 0 aliphatic heterocycles. The van der Waals surface area contributed by atoms with Gasteiger partial charge in [-0.2, -0.15) is 0 Å². The van der Waals surface area contributed by atoms with Gasteiger partial charge in [0, 0.05) is 32.8 Å². The average molecular weight is 518 g/mol. The smallest absolute Gasteiger partial charge is 0.0366 e. The maximum Gasteiger partial charge on any atom is 0.0366 e. The van der Waals surface area contributed by atoms with Crippen molar-refractivity contribution >= 4 is 10.9 Å². The van der Waals surface area contributed by atoms with E-state index in [1.54, 1.807) is 0 Å². The summed E-state index contributed by atoms with van der Waals surface area (Å²) >= 11 is 0. The Hall–Kier alpha value is -2.24. The van der Waals surface area contributed by atoms with E-state index in [0.717, 1.165) is 22.0 Å². The van der Waals surface area contributed by atoms with Gasteiger partial charge in [0.1, 0.15) is 0 Å². The molecule has 0 fully saturated rings. The number of rotatable bonds is 2. The van der Waals surface area contributed by atoms with Crippen LogP contribution < -0.4 is 0 Å². The van der Waals surface area contributed by atoms with Crippen LogP contribution in [0.4, 0.5) is 0 Å². The first kappa shape index (κ1) is 18.5. The second-order valence-electron chi connectivity index (χ2n) is 6.65. The average Bonchev–Trinajstić information content (AvgIpc) is 2.61. The van der Waals surface area contributed by atoms with Gasteiger partial charge < -0.3 is 0 Å². The molecular formula is C24H20NPt-. The summed E-state index contributed by atoms with van der Waals surface area (Å²) in [7, 11) is 0. The van der Waals surface area contributed by atoms with Crippen LogP contribution in [0.5, 0.6) is 0 Å². The van der Waals surface area contributed by atoms with E-state index in [9.17, 15) is 0 Å². The van der Waals surface area contributed by atoms with E-state index in [0.29, 0.717) is 0 Å². The molecule has 26 heavy (non-hydrogen) atoms. The minimum absolute atomic E-state index is 0. The van der Waals surface area contributed by atoms with Crippen LogP contribution >= 0.6 is 0 Å². The second kappa shape index (κ2) is 7.56. The number of hydrogen-bond donors (Lipinski definition) is 0.